The van der Waals surface area contributed by atoms with E-state index in [1.165, 1.54) is 0 Å². The lowest BCUT2D eigenvalue weighted by Gasteiger charge is -2.32. The first kappa shape index (κ1) is 17.7. The summed E-state index contributed by atoms with van der Waals surface area (Å²) in [4.78, 5) is 12.8. The average Bonchev–Trinajstić information content (AvgIpc) is 2.52. The highest BCUT2D eigenvalue weighted by Crippen LogP contribution is 2.30. The van der Waals surface area contributed by atoms with E-state index in [9.17, 15) is 4.79 Å². The molecule has 21 heavy (non-hydrogen) atoms. The number of benzene rings is 1. The molecule has 1 amide bonds. The predicted molar refractivity (Wildman–Crippen MR) is 88.9 cm³/mol. The van der Waals surface area contributed by atoms with Crippen LogP contribution >= 0.6 is 0 Å². The summed E-state index contributed by atoms with van der Waals surface area (Å²) in [5.41, 5.74) is 6.72. The summed E-state index contributed by atoms with van der Waals surface area (Å²) in [6, 6.07) is 10.2. The van der Waals surface area contributed by atoms with Crippen LogP contribution < -0.4 is 11.1 Å². The molecule has 3 heteroatoms. The van der Waals surface area contributed by atoms with E-state index in [1.54, 1.807) is 0 Å². The minimum absolute atomic E-state index is 0.0679. The number of carbonyl (C=O) groups excluding carboxylic acids is 1. The first-order chi connectivity index (χ1) is 10.1. The van der Waals surface area contributed by atoms with Crippen LogP contribution in [0.4, 0.5) is 0 Å². The van der Waals surface area contributed by atoms with E-state index >= 15 is 0 Å². The Balaban J connectivity index is 2.88. The summed E-state index contributed by atoms with van der Waals surface area (Å²) in [7, 11) is 0. The molecule has 0 radical (unpaired) electrons. The van der Waals surface area contributed by atoms with Crippen molar-refractivity contribution in [1.82, 2.24) is 5.32 Å². The number of hydrogen-bond acceptors (Lipinski definition) is 2. The van der Waals surface area contributed by atoms with Gasteiger partial charge in [0, 0.05) is 6.54 Å². The summed E-state index contributed by atoms with van der Waals surface area (Å²) in [5.74, 6) is 0.115. The number of nitrogens with two attached hydrogens (primary N) is 1. The molecule has 1 aromatic rings. The molecule has 0 saturated heterocycles. The number of hydrogen-bond donors (Lipinski definition) is 2. The minimum atomic E-state index is -0.411. The van der Waals surface area contributed by atoms with E-state index in [-0.39, 0.29) is 11.9 Å². The van der Waals surface area contributed by atoms with E-state index in [4.69, 9.17) is 5.73 Å². The Kier molecular flexibility index (Phi) is 7.44. The molecule has 1 atom stereocenters. The number of amides is 1. The van der Waals surface area contributed by atoms with Crippen molar-refractivity contribution >= 4 is 5.91 Å². The fraction of sp³-hybridized carbons (Fsp3) is 0.611. The molecular weight excluding hydrogens is 260 g/mol. The van der Waals surface area contributed by atoms with Gasteiger partial charge in [-0.15, -0.1) is 0 Å². The Morgan fingerprint density at radius 2 is 1.71 bits per heavy atom. The molecule has 3 N–H and O–H groups in total. The van der Waals surface area contributed by atoms with Crippen molar-refractivity contribution in [3.63, 3.8) is 0 Å². The number of nitrogens with one attached hydrogen (secondary N) is 1. The zero-order valence-electron chi connectivity index (χ0n) is 13.7. The summed E-state index contributed by atoms with van der Waals surface area (Å²) >= 11 is 0. The van der Waals surface area contributed by atoms with Crippen LogP contribution in [0.5, 0.6) is 0 Å². The summed E-state index contributed by atoms with van der Waals surface area (Å²) < 4.78 is 0. The fourth-order valence-electron chi connectivity index (χ4n) is 3.02. The third kappa shape index (κ3) is 4.57. The molecule has 0 saturated carbocycles. The topological polar surface area (TPSA) is 55.1 Å². The molecule has 0 aromatic heterocycles. The van der Waals surface area contributed by atoms with Crippen LogP contribution in [0.2, 0.25) is 0 Å². The Bertz CT molecular complexity index is 410. The molecule has 0 aliphatic heterocycles. The van der Waals surface area contributed by atoms with Gasteiger partial charge in [0.15, 0.2) is 0 Å². The summed E-state index contributed by atoms with van der Waals surface area (Å²) in [6.45, 7) is 6.75. The van der Waals surface area contributed by atoms with Crippen molar-refractivity contribution in [1.29, 1.82) is 0 Å². The molecule has 0 heterocycles. The average molecular weight is 290 g/mol. The standard InChI is InChI=1S/C18H30N2O/c1-4-12-18(14-19,13-5-2)17(21)20-16(6-3)15-10-8-7-9-11-15/h7-11,16H,4-6,12-14,19H2,1-3H3,(H,20,21). The Hall–Kier alpha value is -1.35. The number of rotatable bonds is 9. The molecule has 1 rings (SSSR count). The van der Waals surface area contributed by atoms with Gasteiger partial charge in [0.05, 0.1) is 11.5 Å². The lowest BCUT2D eigenvalue weighted by Crippen LogP contribution is -2.47. The van der Waals surface area contributed by atoms with Gasteiger partial charge in [-0.3, -0.25) is 4.79 Å². The van der Waals surface area contributed by atoms with Crippen molar-refractivity contribution in [2.75, 3.05) is 6.54 Å². The lowest BCUT2D eigenvalue weighted by atomic mass is 9.78. The van der Waals surface area contributed by atoms with Crippen LogP contribution in [-0.2, 0) is 4.79 Å². The molecule has 1 aromatic carbocycles. The zero-order valence-corrected chi connectivity index (χ0v) is 13.7. The Labute approximate surface area is 129 Å². The lowest BCUT2D eigenvalue weighted by molar-refractivity contribution is -0.132. The van der Waals surface area contributed by atoms with Gasteiger partial charge in [-0.1, -0.05) is 63.9 Å². The molecule has 0 bridgehead atoms. The normalized spacial score (nSPS) is 13.0. The van der Waals surface area contributed by atoms with Crippen LogP contribution in [0.15, 0.2) is 30.3 Å². The Morgan fingerprint density at radius 3 is 2.14 bits per heavy atom. The van der Waals surface area contributed by atoms with Gasteiger partial charge in [-0.2, -0.15) is 0 Å². The van der Waals surface area contributed by atoms with Gasteiger partial charge in [-0.05, 0) is 24.8 Å². The van der Waals surface area contributed by atoms with Crippen LogP contribution in [0, 0.1) is 5.41 Å². The second kappa shape index (κ2) is 8.83. The van der Waals surface area contributed by atoms with Gasteiger partial charge in [0.1, 0.15) is 0 Å². The van der Waals surface area contributed by atoms with Crippen molar-refractivity contribution in [3.05, 3.63) is 35.9 Å². The minimum Gasteiger partial charge on any atom is -0.349 e. The van der Waals surface area contributed by atoms with Gasteiger partial charge in [0.2, 0.25) is 5.91 Å². The maximum Gasteiger partial charge on any atom is 0.227 e. The van der Waals surface area contributed by atoms with Crippen molar-refractivity contribution in [3.8, 4) is 0 Å². The highest BCUT2D eigenvalue weighted by atomic mass is 16.2. The molecule has 1 unspecified atom stereocenters. The van der Waals surface area contributed by atoms with Crippen LogP contribution in [0.25, 0.3) is 0 Å². The van der Waals surface area contributed by atoms with E-state index in [2.05, 4.69) is 38.2 Å². The van der Waals surface area contributed by atoms with Gasteiger partial charge in [0.25, 0.3) is 0 Å². The summed E-state index contributed by atoms with van der Waals surface area (Å²) in [5, 5.41) is 3.23. The second-order valence-corrected chi connectivity index (χ2v) is 5.83. The predicted octanol–water partition coefficient (Wildman–Crippen LogP) is 3.80. The maximum atomic E-state index is 12.8. The van der Waals surface area contributed by atoms with Crippen molar-refractivity contribution in [2.24, 2.45) is 11.1 Å². The van der Waals surface area contributed by atoms with E-state index in [1.807, 2.05) is 18.2 Å². The molecular formula is C18H30N2O. The molecule has 0 aliphatic rings. The van der Waals surface area contributed by atoms with Crippen LogP contribution in [0.1, 0.15) is 64.5 Å². The monoisotopic (exact) mass is 290 g/mol. The number of carbonyl (C=O) groups is 1. The van der Waals surface area contributed by atoms with Crippen LogP contribution in [-0.4, -0.2) is 12.5 Å². The third-order valence-electron chi connectivity index (χ3n) is 4.25. The smallest absolute Gasteiger partial charge is 0.227 e. The Morgan fingerprint density at radius 1 is 1.14 bits per heavy atom. The van der Waals surface area contributed by atoms with Crippen LogP contribution in [0.3, 0.4) is 0 Å². The highest BCUT2D eigenvalue weighted by molar-refractivity contribution is 5.83. The first-order valence-corrected chi connectivity index (χ1v) is 8.19. The van der Waals surface area contributed by atoms with E-state index in [0.717, 1.165) is 37.7 Å². The highest BCUT2D eigenvalue weighted by Gasteiger charge is 2.36. The van der Waals surface area contributed by atoms with Gasteiger partial charge >= 0.3 is 0 Å². The SMILES string of the molecule is CCCC(CN)(CCC)C(=O)NC(CC)c1ccccc1. The van der Waals surface area contributed by atoms with Crippen molar-refractivity contribution < 1.29 is 4.79 Å². The molecule has 0 fully saturated rings. The summed E-state index contributed by atoms with van der Waals surface area (Å²) in [6.07, 6.45) is 4.55. The first-order valence-electron chi connectivity index (χ1n) is 8.19. The molecule has 3 nitrogen and oxygen atoms in total. The largest absolute Gasteiger partial charge is 0.349 e. The third-order valence-corrected chi connectivity index (χ3v) is 4.25. The molecule has 118 valence electrons. The maximum absolute atomic E-state index is 12.8. The fourth-order valence-corrected chi connectivity index (χ4v) is 3.02. The van der Waals surface area contributed by atoms with Gasteiger partial charge in [-0.25, -0.2) is 0 Å². The van der Waals surface area contributed by atoms with Crippen molar-refractivity contribution in [2.45, 2.75) is 58.9 Å². The van der Waals surface area contributed by atoms with E-state index in [0.29, 0.717) is 6.54 Å². The molecule has 0 spiro atoms. The second-order valence-electron chi connectivity index (χ2n) is 5.83. The van der Waals surface area contributed by atoms with E-state index < -0.39 is 5.41 Å². The quantitative estimate of drug-likeness (QED) is 0.727. The zero-order chi connectivity index (χ0) is 15.7. The molecule has 0 aliphatic carbocycles. The van der Waals surface area contributed by atoms with Gasteiger partial charge < -0.3 is 11.1 Å².